The molecule has 1 saturated carbocycles. The number of ether oxygens (including phenoxy) is 1. The normalized spacial score (nSPS) is 24.9. The molecule has 1 aliphatic carbocycles. The Hall–Kier alpha value is -1.50. The van der Waals surface area contributed by atoms with Gasteiger partial charge < -0.3 is 19.4 Å². The number of methoxy groups -OCH3 is 1. The first kappa shape index (κ1) is 21.2. The molecule has 1 aromatic carbocycles. The lowest BCUT2D eigenvalue weighted by molar-refractivity contribution is -0.141. The van der Waals surface area contributed by atoms with E-state index in [9.17, 15) is 9.59 Å². The largest absolute Gasteiger partial charge is 0.453 e. The topological polar surface area (TPSA) is 53.1 Å². The van der Waals surface area contributed by atoms with Gasteiger partial charge in [-0.3, -0.25) is 4.79 Å². The molecule has 2 amide bonds. The lowest BCUT2D eigenvalue weighted by Crippen LogP contribution is -2.69. The summed E-state index contributed by atoms with van der Waals surface area (Å²) in [6.45, 7) is 0.988. The minimum Gasteiger partial charge on any atom is -0.453 e. The van der Waals surface area contributed by atoms with Crippen molar-refractivity contribution in [2.24, 2.45) is 0 Å². The van der Waals surface area contributed by atoms with Gasteiger partial charge in [0.2, 0.25) is 5.91 Å². The highest BCUT2D eigenvalue weighted by Gasteiger charge is 2.47. The summed E-state index contributed by atoms with van der Waals surface area (Å²) in [7, 11) is 5.48. The van der Waals surface area contributed by atoms with E-state index in [1.54, 1.807) is 17.0 Å². The molecule has 3 unspecified atom stereocenters. The molecule has 0 spiro atoms. The SMILES string of the molecule is COC(=O)N1CCN(C(=O)Cc2ccc(Cl)c(Cl)c2)C2C(N(C)C)CCCC21. The van der Waals surface area contributed by atoms with Crippen molar-refractivity contribution in [2.45, 2.75) is 43.8 Å². The van der Waals surface area contributed by atoms with Crippen LogP contribution in [-0.4, -0.2) is 79.1 Å². The summed E-state index contributed by atoms with van der Waals surface area (Å²) in [6, 6.07) is 5.41. The first-order valence-corrected chi connectivity index (χ1v) is 10.3. The number of halogens is 2. The molecule has 3 rings (SSSR count). The molecule has 6 nitrogen and oxygen atoms in total. The Morgan fingerprint density at radius 2 is 1.86 bits per heavy atom. The van der Waals surface area contributed by atoms with Gasteiger partial charge in [0.1, 0.15) is 0 Å². The lowest BCUT2D eigenvalue weighted by Gasteiger charge is -2.53. The summed E-state index contributed by atoms with van der Waals surface area (Å²) in [5, 5.41) is 0.925. The van der Waals surface area contributed by atoms with Gasteiger partial charge >= 0.3 is 6.09 Å². The third-order valence-corrected chi connectivity index (χ3v) is 6.60. The minimum atomic E-state index is -0.314. The van der Waals surface area contributed by atoms with Crippen LogP contribution in [0.25, 0.3) is 0 Å². The van der Waals surface area contributed by atoms with Crippen molar-refractivity contribution in [1.29, 1.82) is 0 Å². The standard InChI is InChI=1S/C20H27Cl2N3O3/c1-23(2)16-5-4-6-17-19(16)25(10-9-24(17)20(27)28-3)18(26)12-13-7-8-14(21)15(22)11-13/h7-8,11,16-17,19H,4-6,9-10,12H2,1-3H3. The van der Waals surface area contributed by atoms with Crippen LogP contribution in [0.2, 0.25) is 10.0 Å². The van der Waals surface area contributed by atoms with E-state index in [1.807, 2.05) is 25.1 Å². The molecule has 0 N–H and O–H groups in total. The van der Waals surface area contributed by atoms with Crippen LogP contribution >= 0.6 is 23.2 Å². The van der Waals surface area contributed by atoms with E-state index in [1.165, 1.54) is 7.11 Å². The number of likely N-dealkylation sites (N-methyl/N-ethyl adjacent to an activating group) is 1. The summed E-state index contributed by atoms with van der Waals surface area (Å²) >= 11 is 12.1. The first-order valence-electron chi connectivity index (χ1n) is 9.58. The maximum Gasteiger partial charge on any atom is 0.409 e. The molecule has 8 heteroatoms. The summed E-state index contributed by atoms with van der Waals surface area (Å²) in [5.74, 6) is 0.0478. The monoisotopic (exact) mass is 427 g/mol. The highest BCUT2D eigenvalue weighted by Crippen LogP contribution is 2.33. The van der Waals surface area contributed by atoms with E-state index >= 15 is 0 Å². The van der Waals surface area contributed by atoms with E-state index in [-0.39, 0.29) is 36.5 Å². The number of hydrogen-bond donors (Lipinski definition) is 0. The van der Waals surface area contributed by atoms with Gasteiger partial charge in [-0.15, -0.1) is 0 Å². The summed E-state index contributed by atoms with van der Waals surface area (Å²) < 4.78 is 4.99. The van der Waals surface area contributed by atoms with Crippen LogP contribution in [-0.2, 0) is 16.0 Å². The van der Waals surface area contributed by atoms with Crippen LogP contribution in [0.15, 0.2) is 18.2 Å². The molecule has 2 aliphatic rings. The predicted molar refractivity (Wildman–Crippen MR) is 110 cm³/mol. The molecule has 2 fully saturated rings. The molecule has 0 bridgehead atoms. The number of nitrogens with zero attached hydrogens (tertiary/aromatic N) is 3. The molecule has 1 heterocycles. The maximum atomic E-state index is 13.2. The fourth-order valence-electron chi connectivity index (χ4n) is 4.54. The maximum absolute atomic E-state index is 13.2. The highest BCUT2D eigenvalue weighted by atomic mass is 35.5. The van der Waals surface area contributed by atoms with E-state index < -0.39 is 0 Å². The molecule has 154 valence electrons. The third kappa shape index (κ3) is 4.24. The second-order valence-electron chi connectivity index (χ2n) is 7.70. The van der Waals surface area contributed by atoms with E-state index in [4.69, 9.17) is 27.9 Å². The second kappa shape index (κ2) is 8.89. The fraction of sp³-hybridized carbons (Fsp3) is 0.600. The number of benzene rings is 1. The molecule has 0 radical (unpaired) electrons. The number of fused-ring (bicyclic) bond motifs is 1. The van der Waals surface area contributed by atoms with Crippen molar-refractivity contribution in [3.63, 3.8) is 0 Å². The zero-order chi connectivity index (χ0) is 20.4. The van der Waals surface area contributed by atoms with Crippen LogP contribution in [0.1, 0.15) is 24.8 Å². The van der Waals surface area contributed by atoms with Crippen molar-refractivity contribution in [2.75, 3.05) is 34.3 Å². The number of amides is 2. The molecular weight excluding hydrogens is 401 g/mol. The molecule has 1 aliphatic heterocycles. The van der Waals surface area contributed by atoms with Gasteiger partial charge in [-0.1, -0.05) is 29.3 Å². The Morgan fingerprint density at radius 1 is 1.14 bits per heavy atom. The quantitative estimate of drug-likeness (QED) is 0.742. The van der Waals surface area contributed by atoms with Gasteiger partial charge in [-0.05, 0) is 51.1 Å². The van der Waals surface area contributed by atoms with Gasteiger partial charge in [-0.2, -0.15) is 0 Å². The van der Waals surface area contributed by atoms with Gasteiger partial charge in [0.15, 0.2) is 0 Å². The Kier molecular flexibility index (Phi) is 6.73. The summed E-state index contributed by atoms with van der Waals surface area (Å²) in [5.41, 5.74) is 0.837. The number of carbonyl (C=O) groups is 2. The van der Waals surface area contributed by atoms with E-state index in [0.29, 0.717) is 23.1 Å². The molecular formula is C20H27Cl2N3O3. The van der Waals surface area contributed by atoms with Crippen LogP contribution in [0.4, 0.5) is 4.79 Å². The average molecular weight is 428 g/mol. The number of rotatable bonds is 3. The molecule has 1 aromatic rings. The van der Waals surface area contributed by atoms with Crippen molar-refractivity contribution >= 4 is 35.2 Å². The number of hydrogen-bond acceptors (Lipinski definition) is 4. The molecule has 28 heavy (non-hydrogen) atoms. The van der Waals surface area contributed by atoms with Gasteiger partial charge in [-0.25, -0.2) is 4.79 Å². The van der Waals surface area contributed by atoms with Crippen LogP contribution < -0.4 is 0 Å². The molecule has 1 saturated heterocycles. The van der Waals surface area contributed by atoms with Gasteiger partial charge in [0.05, 0.1) is 35.7 Å². The zero-order valence-corrected chi connectivity index (χ0v) is 18.0. The Bertz CT molecular complexity index is 743. The average Bonchev–Trinajstić information content (AvgIpc) is 2.68. The predicted octanol–water partition coefficient (Wildman–Crippen LogP) is 3.30. The third-order valence-electron chi connectivity index (χ3n) is 5.86. The van der Waals surface area contributed by atoms with Crippen molar-refractivity contribution in [1.82, 2.24) is 14.7 Å². The van der Waals surface area contributed by atoms with Crippen molar-refractivity contribution in [3.8, 4) is 0 Å². The van der Waals surface area contributed by atoms with E-state index in [0.717, 1.165) is 24.8 Å². The van der Waals surface area contributed by atoms with Crippen molar-refractivity contribution < 1.29 is 14.3 Å². The lowest BCUT2D eigenvalue weighted by atomic mass is 9.81. The van der Waals surface area contributed by atoms with Crippen molar-refractivity contribution in [3.05, 3.63) is 33.8 Å². The Labute approximate surface area is 176 Å². The van der Waals surface area contributed by atoms with Crippen LogP contribution in [0.5, 0.6) is 0 Å². The minimum absolute atomic E-state index is 0.0277. The molecule has 3 atom stereocenters. The highest BCUT2D eigenvalue weighted by molar-refractivity contribution is 6.42. The Balaban J connectivity index is 1.85. The summed E-state index contributed by atoms with van der Waals surface area (Å²) in [4.78, 5) is 31.4. The number of piperazine rings is 1. The molecule has 0 aromatic heterocycles. The van der Waals surface area contributed by atoms with Gasteiger partial charge in [0, 0.05) is 19.1 Å². The fourth-order valence-corrected chi connectivity index (χ4v) is 4.87. The first-order chi connectivity index (χ1) is 13.3. The van der Waals surface area contributed by atoms with E-state index in [2.05, 4.69) is 4.90 Å². The van der Waals surface area contributed by atoms with Crippen LogP contribution in [0.3, 0.4) is 0 Å². The smallest absolute Gasteiger partial charge is 0.409 e. The number of carbonyl (C=O) groups excluding carboxylic acids is 2. The summed E-state index contributed by atoms with van der Waals surface area (Å²) in [6.07, 6.45) is 2.84. The van der Waals surface area contributed by atoms with Gasteiger partial charge in [0.25, 0.3) is 0 Å². The Morgan fingerprint density at radius 3 is 2.50 bits per heavy atom. The zero-order valence-electron chi connectivity index (χ0n) is 16.5. The second-order valence-corrected chi connectivity index (χ2v) is 8.51. The van der Waals surface area contributed by atoms with Crippen LogP contribution in [0, 0.1) is 0 Å².